The molecule has 2 fully saturated rings. The summed E-state index contributed by atoms with van der Waals surface area (Å²) in [5.41, 5.74) is 11.8. The van der Waals surface area contributed by atoms with Gasteiger partial charge in [0.25, 0.3) is 0 Å². The van der Waals surface area contributed by atoms with Gasteiger partial charge in [0.15, 0.2) is 0 Å². The number of ether oxygens (including phenoxy) is 1. The van der Waals surface area contributed by atoms with Gasteiger partial charge in [-0.1, -0.05) is 6.07 Å². The van der Waals surface area contributed by atoms with Crippen LogP contribution >= 0.6 is 0 Å². The highest BCUT2D eigenvalue weighted by Crippen LogP contribution is 2.38. The van der Waals surface area contributed by atoms with Crippen molar-refractivity contribution >= 4 is 11.0 Å². The van der Waals surface area contributed by atoms with E-state index in [1.807, 2.05) is 23.8 Å². The summed E-state index contributed by atoms with van der Waals surface area (Å²) >= 11 is 0. The van der Waals surface area contributed by atoms with Crippen LogP contribution in [0.25, 0.3) is 11.0 Å². The van der Waals surface area contributed by atoms with Crippen molar-refractivity contribution in [2.75, 3.05) is 19.6 Å². The Kier molecular flexibility index (Phi) is 5.31. The van der Waals surface area contributed by atoms with Crippen LogP contribution in [0.1, 0.15) is 40.8 Å². The standard InChI is InChI=1S/C24H30N6O3/c1-13-17-3-5-30(24(17)27-12-26-13)19-8-21(23(32)22(19)31)33-20-7-15(16-9-28-29-10-16)6-14-2-4-25-11-18(14)20/h3,5-7,12,16,19,21-23,25,28-29,31-32H,2,4,8-11H2,1H3/t19-,21+,22+,23-/m1/s1. The van der Waals surface area contributed by atoms with Crippen molar-refractivity contribution in [2.24, 2.45) is 0 Å². The molecule has 1 aromatic carbocycles. The van der Waals surface area contributed by atoms with Crippen molar-refractivity contribution in [1.29, 1.82) is 0 Å². The lowest BCUT2D eigenvalue weighted by Gasteiger charge is -2.26. The normalized spacial score (nSPS) is 27.8. The van der Waals surface area contributed by atoms with Crippen LogP contribution < -0.4 is 20.9 Å². The molecule has 4 heterocycles. The van der Waals surface area contributed by atoms with E-state index in [2.05, 4.69) is 38.3 Å². The van der Waals surface area contributed by atoms with Gasteiger partial charge in [0.1, 0.15) is 36.0 Å². The average molecular weight is 451 g/mol. The number of hydrogen-bond acceptors (Lipinski definition) is 8. The Balaban J connectivity index is 1.31. The topological polar surface area (TPSA) is 116 Å². The molecular weight excluding hydrogens is 420 g/mol. The minimum Gasteiger partial charge on any atom is -0.487 e. The summed E-state index contributed by atoms with van der Waals surface area (Å²) in [4.78, 5) is 8.68. The van der Waals surface area contributed by atoms with E-state index >= 15 is 0 Å². The summed E-state index contributed by atoms with van der Waals surface area (Å²) in [6.45, 7) is 5.40. The number of aliphatic hydroxyl groups is 2. The minimum atomic E-state index is -0.985. The number of hydrogen-bond donors (Lipinski definition) is 5. The third kappa shape index (κ3) is 3.60. The first kappa shape index (κ1) is 21.0. The second kappa shape index (κ2) is 8.34. The Morgan fingerprint density at radius 2 is 1.97 bits per heavy atom. The van der Waals surface area contributed by atoms with Gasteiger partial charge in [-0.05, 0) is 43.1 Å². The molecule has 5 N–H and O–H groups in total. The first-order chi connectivity index (χ1) is 16.1. The van der Waals surface area contributed by atoms with Crippen LogP contribution in [-0.2, 0) is 13.0 Å². The molecule has 33 heavy (non-hydrogen) atoms. The summed E-state index contributed by atoms with van der Waals surface area (Å²) in [7, 11) is 0. The fraction of sp³-hybridized carbons (Fsp3) is 0.500. The number of fused-ring (bicyclic) bond motifs is 2. The number of hydrazine groups is 1. The fourth-order valence-electron chi connectivity index (χ4n) is 5.51. The third-order valence-electron chi connectivity index (χ3n) is 7.43. The van der Waals surface area contributed by atoms with Gasteiger partial charge >= 0.3 is 0 Å². The summed E-state index contributed by atoms with van der Waals surface area (Å²) in [6.07, 6.45) is 2.47. The summed E-state index contributed by atoms with van der Waals surface area (Å²) in [5, 5.41) is 26.3. The van der Waals surface area contributed by atoms with E-state index in [9.17, 15) is 10.2 Å². The van der Waals surface area contributed by atoms with Crippen molar-refractivity contribution in [1.82, 2.24) is 30.7 Å². The quantitative estimate of drug-likeness (QED) is 0.394. The Morgan fingerprint density at radius 3 is 2.82 bits per heavy atom. The third-order valence-corrected chi connectivity index (χ3v) is 7.43. The lowest BCUT2D eigenvalue weighted by Crippen LogP contribution is -2.35. The van der Waals surface area contributed by atoms with E-state index in [-0.39, 0.29) is 6.04 Å². The van der Waals surface area contributed by atoms with Crippen molar-refractivity contribution in [3.05, 3.63) is 53.1 Å². The van der Waals surface area contributed by atoms with E-state index in [1.165, 1.54) is 17.5 Å². The van der Waals surface area contributed by atoms with E-state index in [4.69, 9.17) is 4.74 Å². The van der Waals surface area contributed by atoms with Gasteiger partial charge in [-0.15, -0.1) is 0 Å². The second-order valence-electron chi connectivity index (χ2n) is 9.40. The lowest BCUT2D eigenvalue weighted by molar-refractivity contribution is -0.0166. The first-order valence-corrected chi connectivity index (χ1v) is 11.7. The number of aliphatic hydroxyl groups excluding tert-OH is 2. The van der Waals surface area contributed by atoms with Crippen molar-refractivity contribution in [3.8, 4) is 5.75 Å². The highest BCUT2D eigenvalue weighted by atomic mass is 16.5. The molecule has 1 saturated carbocycles. The zero-order chi connectivity index (χ0) is 22.5. The molecule has 0 bridgehead atoms. The molecule has 4 atom stereocenters. The molecule has 3 aliphatic rings. The van der Waals surface area contributed by atoms with Crippen LogP contribution in [0.3, 0.4) is 0 Å². The molecule has 0 spiro atoms. The van der Waals surface area contributed by atoms with Crippen molar-refractivity contribution < 1.29 is 14.9 Å². The monoisotopic (exact) mass is 450 g/mol. The van der Waals surface area contributed by atoms with Gasteiger partial charge in [-0.3, -0.25) is 10.9 Å². The average Bonchev–Trinajstić information content (AvgIpc) is 3.56. The van der Waals surface area contributed by atoms with Gasteiger partial charge in [-0.25, -0.2) is 9.97 Å². The Hall–Kier alpha value is -2.56. The Bertz CT molecular complexity index is 1170. The number of rotatable bonds is 4. The van der Waals surface area contributed by atoms with E-state index in [1.54, 1.807) is 0 Å². The van der Waals surface area contributed by atoms with E-state index in [0.717, 1.165) is 60.6 Å². The van der Waals surface area contributed by atoms with Gasteiger partial charge in [0.2, 0.25) is 0 Å². The lowest BCUT2D eigenvalue weighted by atomic mass is 9.91. The van der Waals surface area contributed by atoms with Crippen LogP contribution in [0.5, 0.6) is 5.75 Å². The maximum absolute atomic E-state index is 10.9. The number of aryl methyl sites for hydroxylation is 1. The second-order valence-corrected chi connectivity index (χ2v) is 9.40. The summed E-state index contributed by atoms with van der Waals surface area (Å²) in [5.74, 6) is 1.20. The number of benzene rings is 1. The van der Waals surface area contributed by atoms with Gasteiger partial charge < -0.3 is 24.8 Å². The van der Waals surface area contributed by atoms with Crippen LogP contribution in [-0.4, -0.2) is 62.7 Å². The molecule has 1 aliphatic carbocycles. The zero-order valence-electron chi connectivity index (χ0n) is 18.7. The van der Waals surface area contributed by atoms with Crippen LogP contribution in [0.2, 0.25) is 0 Å². The molecule has 9 nitrogen and oxygen atoms in total. The molecule has 3 aromatic rings. The summed E-state index contributed by atoms with van der Waals surface area (Å²) < 4.78 is 8.43. The molecule has 0 unspecified atom stereocenters. The van der Waals surface area contributed by atoms with Gasteiger partial charge in [0.05, 0.1) is 11.7 Å². The van der Waals surface area contributed by atoms with E-state index < -0.39 is 18.3 Å². The number of nitrogens with zero attached hydrogens (tertiary/aromatic N) is 3. The maximum atomic E-state index is 10.9. The molecule has 174 valence electrons. The Morgan fingerprint density at radius 1 is 1.12 bits per heavy atom. The predicted octanol–water partition coefficient (Wildman–Crippen LogP) is 0.691. The first-order valence-electron chi connectivity index (χ1n) is 11.7. The fourth-order valence-corrected chi connectivity index (χ4v) is 5.51. The zero-order valence-corrected chi connectivity index (χ0v) is 18.7. The highest BCUT2D eigenvalue weighted by Gasteiger charge is 2.44. The van der Waals surface area contributed by atoms with Crippen LogP contribution in [0, 0.1) is 6.92 Å². The van der Waals surface area contributed by atoms with Crippen LogP contribution in [0.15, 0.2) is 30.7 Å². The number of aromatic nitrogens is 3. The summed E-state index contributed by atoms with van der Waals surface area (Å²) in [6, 6.07) is 6.07. The number of nitrogens with one attached hydrogen (secondary N) is 3. The van der Waals surface area contributed by atoms with E-state index in [0.29, 0.717) is 12.3 Å². The molecule has 1 saturated heterocycles. The van der Waals surface area contributed by atoms with Gasteiger partial charge in [-0.2, -0.15) is 0 Å². The van der Waals surface area contributed by atoms with Crippen molar-refractivity contribution in [3.63, 3.8) is 0 Å². The Labute approximate surface area is 192 Å². The predicted molar refractivity (Wildman–Crippen MR) is 123 cm³/mol. The highest BCUT2D eigenvalue weighted by molar-refractivity contribution is 5.78. The molecule has 0 amide bonds. The minimum absolute atomic E-state index is 0.322. The molecule has 0 radical (unpaired) electrons. The smallest absolute Gasteiger partial charge is 0.143 e. The largest absolute Gasteiger partial charge is 0.487 e. The maximum Gasteiger partial charge on any atom is 0.143 e. The molecule has 9 heteroatoms. The molecule has 2 aliphatic heterocycles. The van der Waals surface area contributed by atoms with Crippen molar-refractivity contribution in [2.45, 2.75) is 56.6 Å². The SMILES string of the molecule is Cc1ncnc2c1ccn2[C@@H]1C[C@H](Oc2cc(C3CNNC3)cc3c2CNCC3)[C@@H](O)[C@H]1O. The van der Waals surface area contributed by atoms with Crippen LogP contribution in [0.4, 0.5) is 0 Å². The molecule has 6 rings (SSSR count). The molecular formula is C24H30N6O3. The van der Waals surface area contributed by atoms with Gasteiger partial charge in [0, 0.05) is 49.1 Å². The molecule has 2 aromatic heterocycles.